The molecule has 1 aliphatic rings. The summed E-state index contributed by atoms with van der Waals surface area (Å²) < 4.78 is 0. The van der Waals surface area contributed by atoms with Gasteiger partial charge in [-0.25, -0.2) is 9.59 Å². The quantitative estimate of drug-likeness (QED) is 0.0332. The first-order valence-electron chi connectivity index (χ1n) is 26.9. The van der Waals surface area contributed by atoms with Crippen LogP contribution in [0.15, 0.2) is 85.1 Å². The van der Waals surface area contributed by atoms with Gasteiger partial charge in [0.15, 0.2) is 0 Å². The molecule has 0 saturated carbocycles. The second kappa shape index (κ2) is 34.1. The summed E-state index contributed by atoms with van der Waals surface area (Å²) >= 11 is 0. The van der Waals surface area contributed by atoms with Crippen molar-refractivity contribution in [3.8, 4) is 5.75 Å². The molecule has 16 N–H and O–H groups in total. The molecular formula is C55H73N11O14S4. The van der Waals surface area contributed by atoms with Crippen molar-refractivity contribution in [1.29, 1.82) is 0 Å². The number of benzene rings is 3. The Morgan fingerprint density at radius 2 is 1.37 bits per heavy atom. The van der Waals surface area contributed by atoms with E-state index < -0.39 is 120 Å². The molecule has 0 radical (unpaired) electrons. The van der Waals surface area contributed by atoms with Crippen LogP contribution in [0.4, 0.5) is 0 Å². The fourth-order valence-corrected chi connectivity index (χ4v) is 12.9. The number of unbranched alkanes of at least 4 members (excludes halogenated alkanes) is 1. The van der Waals surface area contributed by atoms with Crippen LogP contribution >= 0.6 is 43.2 Å². The number of hydrogen-bond acceptors (Lipinski definition) is 18. The van der Waals surface area contributed by atoms with E-state index in [-0.39, 0.29) is 73.8 Å². The number of nitrogens with two attached hydrogens (primary N) is 2. The highest BCUT2D eigenvalue weighted by atomic mass is 33.1. The van der Waals surface area contributed by atoms with Crippen molar-refractivity contribution < 1.29 is 68.4 Å². The zero-order valence-corrected chi connectivity index (χ0v) is 49.7. The second-order valence-corrected chi connectivity index (χ2v) is 25.1. The number of carboxylic acids is 2. The third-order valence-corrected chi connectivity index (χ3v) is 18.3. The number of phenolic OH excluding ortho intramolecular Hbond substituents is 1. The van der Waals surface area contributed by atoms with Crippen LogP contribution in [-0.4, -0.2) is 187 Å². The number of aromatic amines is 1. The Bertz CT molecular complexity index is 2910. The van der Waals surface area contributed by atoms with E-state index in [2.05, 4.69) is 42.2 Å². The fourth-order valence-electron chi connectivity index (χ4n) is 8.45. The average molecular weight is 1240 g/mol. The summed E-state index contributed by atoms with van der Waals surface area (Å²) in [5.41, 5.74) is 14.7. The highest BCUT2D eigenvalue weighted by molar-refractivity contribution is 8.77. The third-order valence-electron chi connectivity index (χ3n) is 13.5. The van der Waals surface area contributed by atoms with Crippen molar-refractivity contribution in [1.82, 2.24) is 47.1 Å². The largest absolute Gasteiger partial charge is 0.508 e. The Morgan fingerprint density at radius 3 is 2.04 bits per heavy atom. The minimum Gasteiger partial charge on any atom is -0.508 e. The van der Waals surface area contributed by atoms with Gasteiger partial charge in [0.1, 0.15) is 54.1 Å². The van der Waals surface area contributed by atoms with Gasteiger partial charge in [0, 0.05) is 66.4 Å². The second-order valence-electron chi connectivity index (χ2n) is 19.9. The monoisotopic (exact) mass is 1240 g/mol. The van der Waals surface area contributed by atoms with Crippen LogP contribution in [0.1, 0.15) is 56.2 Å². The molecule has 10 atom stereocenters. The van der Waals surface area contributed by atoms with Gasteiger partial charge in [-0.3, -0.25) is 38.4 Å². The molecule has 5 rings (SSSR count). The van der Waals surface area contributed by atoms with E-state index in [1.165, 1.54) is 45.2 Å². The Hall–Kier alpha value is -7.02. The van der Waals surface area contributed by atoms with E-state index in [9.17, 15) is 68.4 Å². The molecule has 84 heavy (non-hydrogen) atoms. The van der Waals surface area contributed by atoms with Gasteiger partial charge in [0.2, 0.25) is 47.3 Å². The summed E-state index contributed by atoms with van der Waals surface area (Å²) in [5, 5.41) is 59.8. The molecule has 0 spiro atoms. The number of aromatic hydroxyl groups is 1. The third kappa shape index (κ3) is 21.2. The molecule has 0 aliphatic carbocycles. The Morgan fingerprint density at radius 1 is 0.738 bits per heavy atom. The maximum atomic E-state index is 14.8. The lowest BCUT2D eigenvalue weighted by Gasteiger charge is -2.29. The molecule has 29 heteroatoms. The van der Waals surface area contributed by atoms with E-state index in [1.807, 2.05) is 12.1 Å². The molecule has 1 aromatic heterocycles. The maximum absolute atomic E-state index is 14.8. The van der Waals surface area contributed by atoms with E-state index >= 15 is 0 Å². The lowest BCUT2D eigenvalue weighted by atomic mass is 10.0. The van der Waals surface area contributed by atoms with E-state index in [1.54, 1.807) is 48.7 Å². The number of carbonyl (C=O) groups excluding carboxylic acids is 8. The van der Waals surface area contributed by atoms with Crippen LogP contribution in [0.25, 0.3) is 10.9 Å². The Balaban J connectivity index is 1.52. The standard InChI is InChI=1S/C55H73N11O14S4/c1-30(54(77)78)66(3)45(69)20-22-81-82-29-44(55(79)80)64-52(75)43-28-84-83-27-42(62-47(70)37(57)23-32-11-5-4-6-12-32)51(74)60-40(24-33-16-18-35(68)19-17-33)49(72)61-41(25-34-26-58-38-14-8-7-13-36(34)38)50(73)59-39(15-9-10-21-56)48(71)65-46(31(2)67)53(76)63-43/h4-8,11-14,16-19,26,30-31,37,39-44,46,58,67-68H,9-10,15,20-25,27-29,56-57H2,1-3H3,(H,59,73)(H,60,74)(H,61,72)(H,62,70)(H,63,76)(H,64,75)(H,65,71)(H,77,78)(H,79,80)/t30-,31+,37+,39-,40-,41+,42-,43-,44-,46-/m0/s1. The molecular weight excluding hydrogens is 1170 g/mol. The number of rotatable bonds is 24. The number of phenols is 1. The normalized spacial score (nSPS) is 21.0. The molecule has 3 aromatic carbocycles. The van der Waals surface area contributed by atoms with Crippen molar-refractivity contribution in [2.24, 2.45) is 11.5 Å². The average Bonchev–Trinajstić information content (AvgIpc) is 3.82. The van der Waals surface area contributed by atoms with Crippen molar-refractivity contribution in [2.45, 2.75) is 119 Å². The van der Waals surface area contributed by atoms with Gasteiger partial charge in [-0.2, -0.15) is 0 Å². The number of aliphatic carboxylic acids is 2. The van der Waals surface area contributed by atoms with Gasteiger partial charge in [-0.15, -0.1) is 0 Å². The lowest BCUT2D eigenvalue weighted by molar-refractivity contribution is -0.148. The summed E-state index contributed by atoms with van der Waals surface area (Å²) in [6, 6.07) is 8.92. The predicted octanol–water partition coefficient (Wildman–Crippen LogP) is 0.315. The van der Waals surface area contributed by atoms with Crippen LogP contribution in [-0.2, 0) is 67.2 Å². The zero-order valence-electron chi connectivity index (χ0n) is 46.4. The molecule has 4 aromatic rings. The van der Waals surface area contributed by atoms with Gasteiger partial charge >= 0.3 is 11.9 Å². The highest BCUT2D eigenvalue weighted by Gasteiger charge is 2.37. The number of carboxylic acid groups (broad SMARTS) is 2. The number of nitrogens with one attached hydrogen (secondary N) is 8. The zero-order chi connectivity index (χ0) is 61.5. The van der Waals surface area contributed by atoms with Crippen LogP contribution < -0.4 is 48.7 Å². The number of carbonyl (C=O) groups is 10. The fraction of sp³-hybridized carbons (Fsp3) is 0.455. The summed E-state index contributed by atoms with van der Waals surface area (Å²) in [6.45, 7) is 2.77. The number of aliphatic hydroxyl groups is 1. The Kier molecular flexibility index (Phi) is 27.5. The van der Waals surface area contributed by atoms with Gasteiger partial charge in [0.25, 0.3) is 0 Å². The molecule has 25 nitrogen and oxygen atoms in total. The first-order chi connectivity index (χ1) is 40.1. The number of H-pyrrole nitrogens is 1. The molecule has 0 unspecified atom stereocenters. The smallest absolute Gasteiger partial charge is 0.327 e. The van der Waals surface area contributed by atoms with Crippen molar-refractivity contribution >= 4 is 113 Å². The molecule has 1 fully saturated rings. The number of aromatic nitrogens is 1. The summed E-state index contributed by atoms with van der Waals surface area (Å²) in [4.78, 5) is 142. The molecule has 0 bridgehead atoms. The number of likely N-dealkylation sites (N-methyl/N-ethyl adjacent to an activating group) is 1. The van der Waals surface area contributed by atoms with Gasteiger partial charge in [-0.1, -0.05) is 104 Å². The summed E-state index contributed by atoms with van der Waals surface area (Å²) in [6.07, 6.45) is 0.332. The SMILES string of the molecule is C[C@@H](O)[C@@H]1NC(=O)[C@H](CCCCN)NC(=O)[C@@H](Cc2c[nH]c3ccccc23)NC(=O)[C@H](Cc2ccc(O)cc2)NC(=O)[C@@H](NC(=O)[C@H](N)Cc2ccccc2)CSSC[C@@H](C(=O)N[C@@H](CSSCCC(=O)N(C)[C@@H](C)C(=O)O)C(=O)O)NC1=O. The van der Waals surface area contributed by atoms with Crippen LogP contribution in [0.3, 0.4) is 0 Å². The number of hydrogen-bond donors (Lipinski definition) is 14. The number of amides is 8. The first kappa shape index (κ1) is 67.8. The minimum atomic E-state index is -1.78. The molecule has 1 saturated heterocycles. The van der Waals surface area contributed by atoms with Gasteiger partial charge < -0.3 is 79.0 Å². The lowest BCUT2D eigenvalue weighted by Crippen LogP contribution is -2.62. The molecule has 2 heterocycles. The highest BCUT2D eigenvalue weighted by Crippen LogP contribution is 2.26. The number of fused-ring (bicyclic) bond motifs is 1. The van der Waals surface area contributed by atoms with Crippen molar-refractivity contribution in [3.05, 3.63) is 102 Å². The van der Waals surface area contributed by atoms with Crippen LogP contribution in [0.2, 0.25) is 0 Å². The Labute approximate surface area is 501 Å². The number of aliphatic hydroxyl groups excluding tert-OH is 1. The number of nitrogens with zero attached hydrogens (tertiary/aromatic N) is 1. The summed E-state index contributed by atoms with van der Waals surface area (Å²) in [5.74, 6) is -10.3. The van der Waals surface area contributed by atoms with Gasteiger partial charge in [0.05, 0.1) is 12.1 Å². The van der Waals surface area contributed by atoms with E-state index in [0.29, 0.717) is 22.9 Å². The van der Waals surface area contributed by atoms with E-state index in [0.717, 1.165) is 59.2 Å². The predicted molar refractivity (Wildman–Crippen MR) is 322 cm³/mol. The molecule has 1 aliphatic heterocycles. The van der Waals surface area contributed by atoms with Crippen molar-refractivity contribution in [2.75, 3.05) is 36.6 Å². The first-order valence-corrected chi connectivity index (χ1v) is 31.9. The summed E-state index contributed by atoms with van der Waals surface area (Å²) in [7, 11) is 5.31. The van der Waals surface area contributed by atoms with Crippen LogP contribution in [0, 0.1) is 0 Å². The molecule has 456 valence electrons. The van der Waals surface area contributed by atoms with Gasteiger partial charge in [-0.05, 0) is 81.0 Å². The minimum absolute atomic E-state index is 0.0403. The van der Waals surface area contributed by atoms with Crippen LogP contribution in [0.5, 0.6) is 5.75 Å². The van der Waals surface area contributed by atoms with Crippen molar-refractivity contribution in [3.63, 3.8) is 0 Å². The molecule has 8 amide bonds. The van der Waals surface area contributed by atoms with E-state index in [4.69, 9.17) is 11.5 Å². The topological polar surface area (TPSA) is 407 Å². The maximum Gasteiger partial charge on any atom is 0.327 e. The number of para-hydroxylation sites is 1.